The number of fused-ring (bicyclic) bond motifs is 1. The number of nitrogens with zero attached hydrogens (tertiary/aromatic N) is 5. The van der Waals surface area contributed by atoms with Gasteiger partial charge < -0.3 is 24.5 Å². The van der Waals surface area contributed by atoms with Crippen molar-refractivity contribution in [1.82, 2.24) is 19.4 Å². The molecule has 2 N–H and O–H groups in total. The Morgan fingerprint density at radius 3 is 2.67 bits per heavy atom. The van der Waals surface area contributed by atoms with Crippen LogP contribution in [0.5, 0.6) is 0 Å². The van der Waals surface area contributed by atoms with E-state index in [4.69, 9.17) is 16.0 Å². The zero-order chi connectivity index (χ0) is 31.0. The Morgan fingerprint density at radius 2 is 2.02 bits per heavy atom. The standard InChI is InChI=1S/C30H38ClN7O3Si/c1-29(2,3)42(7,8)41-18-30(4)17-34-26-20(14-32)11-19(12-22(26)30)23-9-10-33-28(35-23)36-24-13-21(31)15-38(27(24)40)16-25(39)37(5)6/h9-13,15,34H,16-18H2,1-8H3,(H,33,35,36)/t30-/m1/s1. The van der Waals surface area contributed by atoms with E-state index < -0.39 is 13.9 Å². The van der Waals surface area contributed by atoms with E-state index in [9.17, 15) is 14.9 Å². The number of hydrogen-bond acceptors (Lipinski definition) is 8. The van der Waals surface area contributed by atoms with Gasteiger partial charge in [0.2, 0.25) is 11.9 Å². The van der Waals surface area contributed by atoms with Crippen LogP contribution in [0, 0.1) is 11.3 Å². The zero-order valence-electron chi connectivity index (χ0n) is 25.4. The van der Waals surface area contributed by atoms with Crippen LogP contribution in [0.3, 0.4) is 0 Å². The number of amides is 1. The summed E-state index contributed by atoms with van der Waals surface area (Å²) >= 11 is 6.26. The van der Waals surface area contributed by atoms with Crippen LogP contribution < -0.4 is 16.2 Å². The van der Waals surface area contributed by atoms with Crippen molar-refractivity contribution in [2.75, 3.05) is 37.9 Å². The van der Waals surface area contributed by atoms with E-state index in [0.717, 1.165) is 16.8 Å². The number of pyridine rings is 1. The van der Waals surface area contributed by atoms with E-state index in [0.29, 0.717) is 24.4 Å². The number of carbonyl (C=O) groups excluding carboxylic acids is 1. The van der Waals surface area contributed by atoms with Crippen LogP contribution in [0.25, 0.3) is 11.3 Å². The number of carbonyl (C=O) groups is 1. The molecule has 0 saturated heterocycles. The van der Waals surface area contributed by atoms with E-state index in [1.54, 1.807) is 32.4 Å². The lowest BCUT2D eigenvalue weighted by Gasteiger charge is -2.39. The Balaban J connectivity index is 1.67. The smallest absolute Gasteiger partial charge is 0.274 e. The molecule has 10 nitrogen and oxygen atoms in total. The second kappa shape index (κ2) is 11.5. The minimum Gasteiger partial charge on any atom is -0.416 e. The quantitative estimate of drug-likeness (QED) is 0.328. The maximum Gasteiger partial charge on any atom is 0.274 e. The minimum absolute atomic E-state index is 0.0797. The van der Waals surface area contributed by atoms with Crippen LogP contribution >= 0.6 is 11.6 Å². The summed E-state index contributed by atoms with van der Waals surface area (Å²) in [6.45, 7) is 14.3. The normalized spacial score (nSPS) is 16.4. The lowest BCUT2D eigenvalue weighted by atomic mass is 9.83. The molecule has 0 saturated carbocycles. The highest BCUT2D eigenvalue weighted by atomic mass is 35.5. The Bertz CT molecular complexity index is 1620. The topological polar surface area (TPSA) is 125 Å². The Kier molecular flexibility index (Phi) is 8.56. The highest BCUT2D eigenvalue weighted by Crippen LogP contribution is 2.44. The molecule has 0 unspecified atom stereocenters. The van der Waals surface area contributed by atoms with E-state index in [2.05, 4.69) is 73.5 Å². The highest BCUT2D eigenvalue weighted by Gasteiger charge is 2.42. The van der Waals surface area contributed by atoms with Gasteiger partial charge in [-0.15, -0.1) is 0 Å². The predicted molar refractivity (Wildman–Crippen MR) is 169 cm³/mol. The molecule has 222 valence electrons. The van der Waals surface area contributed by atoms with Gasteiger partial charge in [0.1, 0.15) is 18.3 Å². The molecule has 1 aromatic carbocycles. The van der Waals surface area contributed by atoms with Crippen LogP contribution in [0.15, 0.2) is 41.5 Å². The number of anilines is 3. The Hall–Kier alpha value is -3.72. The predicted octanol–water partition coefficient (Wildman–Crippen LogP) is 5.37. The maximum atomic E-state index is 13.1. The monoisotopic (exact) mass is 607 g/mol. The lowest BCUT2D eigenvalue weighted by Crippen LogP contribution is -2.45. The fraction of sp³-hybridized carbons (Fsp3) is 0.433. The number of aromatic nitrogens is 3. The molecule has 0 fully saturated rings. The molecule has 1 atom stereocenters. The van der Waals surface area contributed by atoms with Gasteiger partial charge in [0.15, 0.2) is 8.32 Å². The van der Waals surface area contributed by atoms with Crippen LogP contribution in [0.2, 0.25) is 23.2 Å². The number of halogens is 1. The van der Waals surface area contributed by atoms with Gasteiger partial charge in [-0.2, -0.15) is 5.26 Å². The van der Waals surface area contributed by atoms with Gasteiger partial charge >= 0.3 is 0 Å². The number of hydrogen-bond donors (Lipinski definition) is 2. The second-order valence-corrected chi connectivity index (χ2v) is 18.0. The first-order valence-corrected chi connectivity index (χ1v) is 17.0. The molecule has 0 spiro atoms. The van der Waals surface area contributed by atoms with Crippen molar-refractivity contribution in [2.45, 2.75) is 57.8 Å². The minimum atomic E-state index is -1.99. The molecular weight excluding hydrogens is 570 g/mol. The summed E-state index contributed by atoms with van der Waals surface area (Å²) in [4.78, 5) is 35.6. The molecule has 2 aromatic heterocycles. The van der Waals surface area contributed by atoms with Gasteiger partial charge in [-0.3, -0.25) is 9.59 Å². The van der Waals surface area contributed by atoms with Gasteiger partial charge in [0.25, 0.3) is 5.56 Å². The first-order chi connectivity index (χ1) is 19.5. The summed E-state index contributed by atoms with van der Waals surface area (Å²) in [5.41, 5.74) is 3.04. The molecule has 1 aliphatic heterocycles. The number of rotatable bonds is 8. The van der Waals surface area contributed by atoms with Crippen molar-refractivity contribution < 1.29 is 9.22 Å². The third kappa shape index (κ3) is 6.36. The third-order valence-electron chi connectivity index (χ3n) is 8.18. The highest BCUT2D eigenvalue weighted by molar-refractivity contribution is 6.74. The van der Waals surface area contributed by atoms with E-state index in [1.807, 2.05) is 0 Å². The molecule has 4 rings (SSSR count). The fourth-order valence-corrected chi connectivity index (χ4v) is 5.74. The summed E-state index contributed by atoms with van der Waals surface area (Å²) in [6, 6.07) is 9.41. The first kappa shape index (κ1) is 31.2. The Labute approximate surface area is 252 Å². The van der Waals surface area contributed by atoms with E-state index in [1.165, 1.54) is 21.7 Å². The molecular formula is C30H38ClN7O3Si. The summed E-state index contributed by atoms with van der Waals surface area (Å²) in [5, 5.41) is 16.8. The number of likely N-dealkylation sites (N-methyl/N-ethyl adjacent to an activating group) is 1. The zero-order valence-corrected chi connectivity index (χ0v) is 27.2. The first-order valence-electron chi connectivity index (χ1n) is 13.7. The number of nitriles is 1. The van der Waals surface area contributed by atoms with Gasteiger partial charge in [0, 0.05) is 50.6 Å². The Morgan fingerprint density at radius 1 is 1.31 bits per heavy atom. The molecule has 1 amide bonds. The average Bonchev–Trinajstić information content (AvgIpc) is 3.26. The summed E-state index contributed by atoms with van der Waals surface area (Å²) < 4.78 is 7.87. The molecule has 0 radical (unpaired) electrons. The largest absolute Gasteiger partial charge is 0.416 e. The van der Waals surface area contributed by atoms with Crippen LogP contribution in [0.4, 0.5) is 17.3 Å². The fourth-order valence-electron chi connectivity index (χ4n) is 4.40. The van der Waals surface area contributed by atoms with E-state index in [-0.39, 0.29) is 39.6 Å². The van der Waals surface area contributed by atoms with Gasteiger partial charge in [0.05, 0.1) is 22.0 Å². The van der Waals surface area contributed by atoms with Gasteiger partial charge in [-0.1, -0.05) is 39.3 Å². The van der Waals surface area contributed by atoms with Crippen LogP contribution in [0.1, 0.15) is 38.8 Å². The van der Waals surface area contributed by atoms with Crippen LogP contribution in [-0.4, -0.2) is 60.9 Å². The van der Waals surface area contributed by atoms with Crippen molar-refractivity contribution in [2.24, 2.45) is 0 Å². The summed E-state index contributed by atoms with van der Waals surface area (Å²) in [6.07, 6.45) is 3.00. The third-order valence-corrected chi connectivity index (χ3v) is 12.9. The van der Waals surface area contributed by atoms with Crippen molar-refractivity contribution >= 4 is 43.1 Å². The van der Waals surface area contributed by atoms with Crippen molar-refractivity contribution in [1.29, 1.82) is 5.26 Å². The molecule has 42 heavy (non-hydrogen) atoms. The SMILES string of the molecule is CN(C)C(=O)Cn1cc(Cl)cc(Nc2nccc(-c3cc(C#N)c4c(c3)[C@@](C)(CO[Si](C)(C)C(C)(C)C)CN4)n2)c1=O. The van der Waals surface area contributed by atoms with Crippen molar-refractivity contribution in [3.8, 4) is 17.3 Å². The lowest BCUT2D eigenvalue weighted by molar-refractivity contribution is -0.129. The van der Waals surface area contributed by atoms with E-state index >= 15 is 0 Å². The molecule has 3 aromatic rings. The van der Waals surface area contributed by atoms with Gasteiger partial charge in [-0.05, 0) is 48.0 Å². The molecule has 0 bridgehead atoms. The van der Waals surface area contributed by atoms with Crippen molar-refractivity contribution in [3.05, 3.63) is 63.2 Å². The molecule has 1 aliphatic rings. The number of benzene rings is 1. The molecule has 3 heterocycles. The molecule has 12 heteroatoms. The van der Waals surface area contributed by atoms with Crippen molar-refractivity contribution in [3.63, 3.8) is 0 Å². The maximum absolute atomic E-state index is 13.1. The summed E-state index contributed by atoms with van der Waals surface area (Å²) in [5.74, 6) is -0.0665. The van der Waals surface area contributed by atoms with Crippen LogP contribution in [-0.2, 0) is 21.2 Å². The average molecular weight is 608 g/mol. The second-order valence-electron chi connectivity index (χ2n) is 12.7. The van der Waals surface area contributed by atoms with Gasteiger partial charge in [-0.25, -0.2) is 9.97 Å². The summed E-state index contributed by atoms with van der Waals surface area (Å²) in [7, 11) is 1.24. The molecule has 0 aliphatic carbocycles. The number of nitrogens with one attached hydrogen (secondary N) is 2.